The summed E-state index contributed by atoms with van der Waals surface area (Å²) >= 11 is 0. The van der Waals surface area contributed by atoms with Crippen LogP contribution in [0.3, 0.4) is 0 Å². The molecule has 2 N–H and O–H groups in total. The Kier molecular flexibility index (Phi) is 4.77. The van der Waals surface area contributed by atoms with Crippen molar-refractivity contribution in [2.45, 2.75) is 20.4 Å². The first-order chi connectivity index (χ1) is 9.70. The average molecular weight is 268 g/mol. The predicted molar refractivity (Wildman–Crippen MR) is 83.0 cm³/mol. The Balaban J connectivity index is 2.09. The van der Waals surface area contributed by atoms with Gasteiger partial charge in [0.25, 0.3) is 5.91 Å². The van der Waals surface area contributed by atoms with Crippen molar-refractivity contribution in [1.29, 1.82) is 0 Å². The molecule has 2 aromatic carbocycles. The van der Waals surface area contributed by atoms with Gasteiger partial charge in [0, 0.05) is 18.8 Å². The van der Waals surface area contributed by atoms with E-state index >= 15 is 0 Å². The van der Waals surface area contributed by atoms with E-state index < -0.39 is 0 Å². The Morgan fingerprint density at radius 3 is 2.55 bits per heavy atom. The molecule has 104 valence electrons. The minimum Gasteiger partial charge on any atom is -0.385 e. The zero-order valence-corrected chi connectivity index (χ0v) is 11.9. The maximum Gasteiger partial charge on any atom is 0.253 e. The van der Waals surface area contributed by atoms with E-state index in [2.05, 4.69) is 10.6 Å². The van der Waals surface area contributed by atoms with E-state index in [1.165, 1.54) is 0 Å². The van der Waals surface area contributed by atoms with Gasteiger partial charge in [0.15, 0.2) is 0 Å². The molecule has 0 radical (unpaired) electrons. The van der Waals surface area contributed by atoms with Gasteiger partial charge in [0.05, 0.1) is 5.56 Å². The van der Waals surface area contributed by atoms with Crippen molar-refractivity contribution in [3.05, 3.63) is 65.2 Å². The molecule has 0 saturated heterocycles. The third-order valence-corrected chi connectivity index (χ3v) is 3.08. The van der Waals surface area contributed by atoms with Gasteiger partial charge < -0.3 is 10.6 Å². The highest BCUT2D eigenvalue weighted by molar-refractivity contribution is 5.99. The van der Waals surface area contributed by atoms with Crippen LogP contribution in [0.5, 0.6) is 0 Å². The first kappa shape index (κ1) is 14.1. The third kappa shape index (κ3) is 3.60. The van der Waals surface area contributed by atoms with Crippen LogP contribution < -0.4 is 10.6 Å². The van der Waals surface area contributed by atoms with Crippen LogP contribution in [-0.2, 0) is 6.54 Å². The highest BCUT2D eigenvalue weighted by atomic mass is 16.1. The molecule has 20 heavy (non-hydrogen) atoms. The second kappa shape index (κ2) is 6.75. The minimum absolute atomic E-state index is 0.0511. The van der Waals surface area contributed by atoms with Crippen LogP contribution in [-0.4, -0.2) is 12.5 Å². The van der Waals surface area contributed by atoms with E-state index in [0.717, 1.165) is 23.4 Å². The number of amides is 1. The zero-order valence-electron chi connectivity index (χ0n) is 11.9. The normalized spacial score (nSPS) is 10.1. The number of carbonyl (C=O) groups excluding carboxylic acids is 1. The summed E-state index contributed by atoms with van der Waals surface area (Å²) in [6.45, 7) is 5.38. The van der Waals surface area contributed by atoms with Crippen molar-refractivity contribution in [2.24, 2.45) is 0 Å². The van der Waals surface area contributed by atoms with Crippen LogP contribution in [0.1, 0.15) is 28.4 Å². The van der Waals surface area contributed by atoms with Crippen molar-refractivity contribution in [3.8, 4) is 0 Å². The van der Waals surface area contributed by atoms with Gasteiger partial charge in [0.1, 0.15) is 0 Å². The molecule has 0 fully saturated rings. The predicted octanol–water partition coefficient (Wildman–Crippen LogP) is 3.36. The summed E-state index contributed by atoms with van der Waals surface area (Å²) in [7, 11) is 0. The summed E-state index contributed by atoms with van der Waals surface area (Å²) < 4.78 is 0. The Bertz CT molecular complexity index is 579. The fourth-order valence-corrected chi connectivity index (χ4v) is 2.07. The maximum atomic E-state index is 12.3. The van der Waals surface area contributed by atoms with Crippen molar-refractivity contribution in [1.82, 2.24) is 5.32 Å². The molecule has 2 aromatic rings. The number of nitrogens with one attached hydrogen (secondary N) is 2. The van der Waals surface area contributed by atoms with Crippen molar-refractivity contribution >= 4 is 11.6 Å². The lowest BCUT2D eigenvalue weighted by molar-refractivity contribution is 0.0951. The van der Waals surface area contributed by atoms with Crippen LogP contribution in [0, 0.1) is 6.92 Å². The first-order valence-corrected chi connectivity index (χ1v) is 6.87. The summed E-state index contributed by atoms with van der Waals surface area (Å²) in [6.07, 6.45) is 0. The Labute approximate surface area is 120 Å². The smallest absolute Gasteiger partial charge is 0.253 e. The van der Waals surface area contributed by atoms with Crippen molar-refractivity contribution in [3.63, 3.8) is 0 Å². The molecule has 0 aliphatic carbocycles. The molecule has 0 heterocycles. The molecule has 0 unspecified atom stereocenters. The van der Waals surface area contributed by atoms with Crippen LogP contribution in [0.2, 0.25) is 0 Å². The molecule has 0 aliphatic heterocycles. The molecule has 3 heteroatoms. The zero-order chi connectivity index (χ0) is 14.4. The number of hydrogen-bond acceptors (Lipinski definition) is 2. The number of benzene rings is 2. The minimum atomic E-state index is -0.0511. The highest BCUT2D eigenvalue weighted by Crippen LogP contribution is 2.17. The molecule has 0 aliphatic rings. The highest BCUT2D eigenvalue weighted by Gasteiger charge is 2.10. The molecule has 0 bridgehead atoms. The van der Waals surface area contributed by atoms with Crippen LogP contribution in [0.4, 0.5) is 5.69 Å². The largest absolute Gasteiger partial charge is 0.385 e. The summed E-state index contributed by atoms with van der Waals surface area (Å²) in [5.74, 6) is -0.0511. The van der Waals surface area contributed by atoms with E-state index in [-0.39, 0.29) is 5.91 Å². The van der Waals surface area contributed by atoms with E-state index in [1.54, 1.807) is 0 Å². The van der Waals surface area contributed by atoms with Gasteiger partial charge in [-0.2, -0.15) is 0 Å². The monoisotopic (exact) mass is 268 g/mol. The summed E-state index contributed by atoms with van der Waals surface area (Å²) in [5.41, 5.74) is 3.81. The van der Waals surface area contributed by atoms with Crippen LogP contribution in [0.25, 0.3) is 0 Å². The van der Waals surface area contributed by atoms with Gasteiger partial charge in [-0.05, 0) is 37.1 Å². The molecule has 2 rings (SSSR count). The summed E-state index contributed by atoms with van der Waals surface area (Å²) in [6, 6.07) is 15.7. The first-order valence-electron chi connectivity index (χ1n) is 6.87. The SMILES string of the molecule is CCNc1cc(C)ccc1C(=O)NCc1ccccc1. The maximum absolute atomic E-state index is 12.3. The van der Waals surface area contributed by atoms with E-state index in [9.17, 15) is 4.79 Å². The number of aryl methyl sites for hydroxylation is 1. The van der Waals surface area contributed by atoms with Gasteiger partial charge in [-0.15, -0.1) is 0 Å². The number of rotatable bonds is 5. The van der Waals surface area contributed by atoms with Crippen molar-refractivity contribution < 1.29 is 4.79 Å². The number of hydrogen-bond donors (Lipinski definition) is 2. The molecular weight excluding hydrogens is 248 g/mol. The Morgan fingerprint density at radius 2 is 1.85 bits per heavy atom. The lowest BCUT2D eigenvalue weighted by atomic mass is 10.1. The second-order valence-electron chi connectivity index (χ2n) is 4.75. The summed E-state index contributed by atoms with van der Waals surface area (Å²) in [4.78, 5) is 12.3. The molecule has 0 saturated carbocycles. The van der Waals surface area contributed by atoms with E-state index in [1.807, 2.05) is 62.4 Å². The molecular formula is C17H20N2O. The van der Waals surface area contributed by atoms with Gasteiger partial charge in [-0.25, -0.2) is 0 Å². The van der Waals surface area contributed by atoms with E-state index in [4.69, 9.17) is 0 Å². The lowest BCUT2D eigenvalue weighted by Gasteiger charge is -2.12. The van der Waals surface area contributed by atoms with Crippen LogP contribution >= 0.6 is 0 Å². The fraction of sp³-hybridized carbons (Fsp3) is 0.235. The third-order valence-electron chi connectivity index (χ3n) is 3.08. The van der Waals surface area contributed by atoms with Gasteiger partial charge in [-0.3, -0.25) is 4.79 Å². The summed E-state index contributed by atoms with van der Waals surface area (Å²) in [5, 5.41) is 6.19. The average Bonchev–Trinajstić information content (AvgIpc) is 2.46. The van der Waals surface area contributed by atoms with Gasteiger partial charge in [-0.1, -0.05) is 36.4 Å². The fourth-order valence-electron chi connectivity index (χ4n) is 2.07. The topological polar surface area (TPSA) is 41.1 Å². The van der Waals surface area contributed by atoms with Gasteiger partial charge in [0.2, 0.25) is 0 Å². The molecule has 0 spiro atoms. The number of carbonyl (C=O) groups is 1. The quantitative estimate of drug-likeness (QED) is 0.873. The second-order valence-corrected chi connectivity index (χ2v) is 4.75. The molecule has 0 atom stereocenters. The molecule has 0 aromatic heterocycles. The molecule has 3 nitrogen and oxygen atoms in total. The molecule has 1 amide bonds. The number of anilines is 1. The Morgan fingerprint density at radius 1 is 1.10 bits per heavy atom. The standard InChI is InChI=1S/C17H20N2O/c1-3-18-16-11-13(2)9-10-15(16)17(20)19-12-14-7-5-4-6-8-14/h4-11,18H,3,12H2,1-2H3,(H,19,20). The lowest BCUT2D eigenvalue weighted by Crippen LogP contribution is -2.24. The van der Waals surface area contributed by atoms with Crippen LogP contribution in [0.15, 0.2) is 48.5 Å². The van der Waals surface area contributed by atoms with E-state index in [0.29, 0.717) is 12.1 Å². The van der Waals surface area contributed by atoms with Crippen molar-refractivity contribution in [2.75, 3.05) is 11.9 Å². The van der Waals surface area contributed by atoms with Gasteiger partial charge >= 0.3 is 0 Å². The Hall–Kier alpha value is -2.29.